The van der Waals surface area contributed by atoms with Gasteiger partial charge in [-0.2, -0.15) is 5.26 Å². The Bertz CT molecular complexity index is 1530. The predicted octanol–water partition coefficient (Wildman–Crippen LogP) is 5.19. The highest BCUT2D eigenvalue weighted by atomic mass is 32.2. The maximum Gasteiger partial charge on any atom is 0.234 e. The molecule has 38 heavy (non-hydrogen) atoms. The van der Waals surface area contributed by atoms with Crippen molar-refractivity contribution in [3.05, 3.63) is 87.9 Å². The van der Waals surface area contributed by atoms with E-state index in [0.29, 0.717) is 39.9 Å². The fourth-order valence-electron chi connectivity index (χ4n) is 4.87. The van der Waals surface area contributed by atoms with E-state index in [1.54, 1.807) is 4.90 Å². The number of carbonyl (C=O) groups is 2. The lowest BCUT2D eigenvalue weighted by Gasteiger charge is -2.38. The zero-order valence-electron chi connectivity index (χ0n) is 21.0. The molecule has 1 unspecified atom stereocenters. The molecule has 0 fully saturated rings. The van der Waals surface area contributed by atoms with E-state index in [4.69, 9.17) is 5.73 Å². The molecular formula is C28H26N6O2S2. The molecule has 10 heteroatoms. The van der Waals surface area contributed by atoms with Crippen molar-refractivity contribution in [2.75, 3.05) is 16.0 Å². The number of thioether (sulfide) groups is 1. The zero-order valence-corrected chi connectivity index (χ0v) is 22.7. The number of allylic oxidation sites excluding steroid dienone is 3. The molecule has 0 bridgehead atoms. The second-order valence-electron chi connectivity index (χ2n) is 9.23. The molecule has 1 amide bonds. The fourth-order valence-corrected chi connectivity index (χ4v) is 6.55. The van der Waals surface area contributed by atoms with E-state index in [-0.39, 0.29) is 23.3 Å². The van der Waals surface area contributed by atoms with Gasteiger partial charge >= 0.3 is 0 Å². The number of amides is 1. The van der Waals surface area contributed by atoms with Gasteiger partial charge in [0.15, 0.2) is 10.1 Å². The van der Waals surface area contributed by atoms with Crippen LogP contribution in [0, 0.1) is 25.2 Å². The first kappa shape index (κ1) is 25.7. The third-order valence-electron chi connectivity index (χ3n) is 6.62. The predicted molar refractivity (Wildman–Crippen MR) is 150 cm³/mol. The summed E-state index contributed by atoms with van der Waals surface area (Å²) in [6.45, 7) is 3.92. The van der Waals surface area contributed by atoms with E-state index < -0.39 is 5.92 Å². The monoisotopic (exact) mass is 542 g/mol. The Balaban J connectivity index is 1.43. The molecule has 5 rings (SSSR count). The van der Waals surface area contributed by atoms with Crippen molar-refractivity contribution in [2.24, 2.45) is 5.73 Å². The van der Waals surface area contributed by atoms with E-state index in [1.807, 2.05) is 62.4 Å². The number of nitrogens with zero attached hydrogens (tertiary/aromatic N) is 4. The van der Waals surface area contributed by atoms with Gasteiger partial charge in [0.25, 0.3) is 0 Å². The van der Waals surface area contributed by atoms with Crippen LogP contribution in [0.1, 0.15) is 41.9 Å². The molecule has 3 aromatic rings. The molecule has 0 radical (unpaired) electrons. The zero-order chi connectivity index (χ0) is 26.8. The summed E-state index contributed by atoms with van der Waals surface area (Å²) in [5.41, 5.74) is 12.0. The van der Waals surface area contributed by atoms with Crippen molar-refractivity contribution in [1.82, 2.24) is 10.2 Å². The number of carbonyl (C=O) groups excluding carboxylic acids is 2. The molecule has 0 saturated heterocycles. The number of nitriles is 1. The summed E-state index contributed by atoms with van der Waals surface area (Å²) in [4.78, 5) is 27.5. The number of rotatable bonds is 6. The Labute approximate surface area is 229 Å². The fraction of sp³-hybridized carbons (Fsp3) is 0.250. The van der Waals surface area contributed by atoms with Crippen molar-refractivity contribution in [3.63, 3.8) is 0 Å². The number of benzene rings is 2. The van der Waals surface area contributed by atoms with Gasteiger partial charge in [-0.1, -0.05) is 71.1 Å². The van der Waals surface area contributed by atoms with Crippen molar-refractivity contribution < 1.29 is 9.59 Å². The topological polar surface area (TPSA) is 125 Å². The van der Waals surface area contributed by atoms with Crippen LogP contribution in [0.2, 0.25) is 0 Å². The number of anilines is 2. The number of ketones is 1. The maximum absolute atomic E-state index is 13.3. The molecule has 8 nitrogen and oxygen atoms in total. The van der Waals surface area contributed by atoms with Gasteiger partial charge in [-0.3, -0.25) is 14.5 Å². The van der Waals surface area contributed by atoms with Crippen molar-refractivity contribution >= 4 is 45.6 Å². The quantitative estimate of drug-likeness (QED) is 0.408. The van der Waals surface area contributed by atoms with Crippen LogP contribution in [-0.2, 0) is 9.59 Å². The second-order valence-corrected chi connectivity index (χ2v) is 11.4. The van der Waals surface area contributed by atoms with Crippen LogP contribution in [0.4, 0.5) is 10.8 Å². The molecule has 1 aliphatic carbocycles. The maximum atomic E-state index is 13.3. The molecule has 0 spiro atoms. The average Bonchev–Trinajstić information content (AvgIpc) is 3.37. The third-order valence-corrected chi connectivity index (χ3v) is 8.66. The van der Waals surface area contributed by atoms with Crippen LogP contribution in [0.15, 0.2) is 75.5 Å². The molecule has 0 saturated carbocycles. The minimum atomic E-state index is -0.508. The van der Waals surface area contributed by atoms with Gasteiger partial charge in [-0.15, -0.1) is 10.2 Å². The summed E-state index contributed by atoms with van der Waals surface area (Å²) in [5.74, 6) is -0.202. The van der Waals surface area contributed by atoms with E-state index >= 15 is 0 Å². The summed E-state index contributed by atoms with van der Waals surface area (Å²) in [6.07, 6.45) is 1.77. The largest absolute Gasteiger partial charge is 0.384 e. The standard InChI is InChI=1S/C28H26N6O2S2/c1-16-7-5-9-18(13-16)24-19(14-29)26(30)34(21-11-6-12-22(35)25(21)24)27-32-33-28(38-27)37-15-23(36)31-20-10-4-3-8-17(20)2/h3-5,7-10,13,24H,6,11-12,15,30H2,1-2H3,(H,31,36). The first-order chi connectivity index (χ1) is 18.4. The molecule has 1 atom stereocenters. The smallest absolute Gasteiger partial charge is 0.234 e. The highest BCUT2D eigenvalue weighted by Crippen LogP contribution is 2.47. The lowest BCUT2D eigenvalue weighted by Crippen LogP contribution is -2.38. The van der Waals surface area contributed by atoms with E-state index in [0.717, 1.165) is 28.1 Å². The average molecular weight is 543 g/mol. The van der Waals surface area contributed by atoms with E-state index in [1.165, 1.54) is 23.1 Å². The van der Waals surface area contributed by atoms with E-state index in [2.05, 4.69) is 21.6 Å². The summed E-state index contributed by atoms with van der Waals surface area (Å²) in [6, 6.07) is 17.7. The molecule has 3 N–H and O–H groups in total. The van der Waals surface area contributed by atoms with Crippen LogP contribution in [0.5, 0.6) is 0 Å². The first-order valence-electron chi connectivity index (χ1n) is 12.2. The first-order valence-corrected chi connectivity index (χ1v) is 14.0. The SMILES string of the molecule is Cc1cccc(C2C(C#N)=C(N)N(c3nnc(SCC(=O)Nc4ccccc4C)s3)C3=C2C(=O)CCC3)c1. The third kappa shape index (κ3) is 4.95. The van der Waals surface area contributed by atoms with Gasteiger partial charge in [-0.25, -0.2) is 0 Å². The summed E-state index contributed by atoms with van der Waals surface area (Å²) in [5, 5.41) is 22.2. The van der Waals surface area contributed by atoms with Gasteiger partial charge in [-0.05, 0) is 43.9 Å². The Hall–Kier alpha value is -3.94. The minimum absolute atomic E-state index is 0.0231. The number of para-hydroxylation sites is 1. The van der Waals surface area contributed by atoms with Gasteiger partial charge in [0.05, 0.1) is 23.3 Å². The number of nitrogens with two attached hydrogens (primary N) is 1. The summed E-state index contributed by atoms with van der Waals surface area (Å²) in [7, 11) is 0. The Morgan fingerprint density at radius 2 is 2.03 bits per heavy atom. The Morgan fingerprint density at radius 3 is 2.79 bits per heavy atom. The molecule has 1 aliphatic heterocycles. The minimum Gasteiger partial charge on any atom is -0.384 e. The number of hydrogen-bond acceptors (Lipinski definition) is 9. The normalized spacial score (nSPS) is 17.3. The number of nitrogens with one attached hydrogen (secondary N) is 1. The molecule has 1 aromatic heterocycles. The van der Waals surface area contributed by atoms with E-state index in [9.17, 15) is 14.9 Å². The van der Waals surface area contributed by atoms with Gasteiger partial charge in [0.2, 0.25) is 11.0 Å². The highest BCUT2D eigenvalue weighted by molar-refractivity contribution is 8.01. The van der Waals surface area contributed by atoms with Gasteiger partial charge in [0, 0.05) is 23.4 Å². The lowest BCUT2D eigenvalue weighted by atomic mass is 9.75. The van der Waals surface area contributed by atoms with Crippen LogP contribution in [-0.4, -0.2) is 27.6 Å². The van der Waals surface area contributed by atoms with Crippen LogP contribution in [0.3, 0.4) is 0 Å². The number of Topliss-reactive ketones (excluding diaryl/α,β-unsaturated/α-hetero) is 1. The number of hydrogen-bond donors (Lipinski definition) is 2. The summed E-state index contributed by atoms with van der Waals surface area (Å²) < 4.78 is 0.594. The molecule has 2 aliphatic rings. The lowest BCUT2D eigenvalue weighted by molar-refractivity contribution is -0.116. The van der Waals surface area contributed by atoms with Crippen molar-refractivity contribution in [2.45, 2.75) is 43.4 Å². The van der Waals surface area contributed by atoms with Crippen molar-refractivity contribution in [3.8, 4) is 6.07 Å². The molecule has 2 heterocycles. The molecule has 192 valence electrons. The molecular weight excluding hydrogens is 516 g/mol. The highest BCUT2D eigenvalue weighted by Gasteiger charge is 2.41. The number of aromatic nitrogens is 2. The van der Waals surface area contributed by atoms with Crippen molar-refractivity contribution in [1.29, 1.82) is 5.26 Å². The Kier molecular flexibility index (Phi) is 7.31. The molecule has 2 aromatic carbocycles. The summed E-state index contributed by atoms with van der Waals surface area (Å²) >= 11 is 2.56. The van der Waals surface area contributed by atoms with Gasteiger partial charge < -0.3 is 11.1 Å². The van der Waals surface area contributed by atoms with Crippen LogP contribution >= 0.6 is 23.1 Å². The Morgan fingerprint density at radius 1 is 1.21 bits per heavy atom. The van der Waals surface area contributed by atoms with Crippen LogP contribution < -0.4 is 16.0 Å². The van der Waals surface area contributed by atoms with Gasteiger partial charge in [0.1, 0.15) is 5.82 Å². The number of aryl methyl sites for hydroxylation is 2. The van der Waals surface area contributed by atoms with Crippen LogP contribution in [0.25, 0.3) is 0 Å². The second kappa shape index (κ2) is 10.8.